The van der Waals surface area contributed by atoms with Gasteiger partial charge in [0.1, 0.15) is 4.90 Å². The normalized spacial score (nSPS) is 11.0. The first-order valence-electron chi connectivity index (χ1n) is 6.14. The van der Waals surface area contributed by atoms with Crippen molar-refractivity contribution in [1.29, 1.82) is 0 Å². The number of benzene rings is 2. The molecule has 114 valence electrons. The first kappa shape index (κ1) is 15.6. The molecule has 0 radical (unpaired) electrons. The molecule has 0 heterocycles. The van der Waals surface area contributed by atoms with Crippen LogP contribution < -0.4 is 5.32 Å². The lowest BCUT2D eigenvalue weighted by molar-refractivity contribution is -0.387. The average molecular weight is 320 g/mol. The predicted octanol–water partition coefficient (Wildman–Crippen LogP) is 2.25. The zero-order chi connectivity index (χ0) is 16.3. The van der Waals surface area contributed by atoms with E-state index in [0.29, 0.717) is 5.69 Å². The molecular formula is C14H12N2O5S. The number of para-hydroxylation sites is 1. The number of rotatable bonds is 4. The number of nitro benzene ring substituents is 1. The van der Waals surface area contributed by atoms with Gasteiger partial charge < -0.3 is 5.32 Å². The number of amides is 1. The van der Waals surface area contributed by atoms with Crippen LogP contribution in [0.3, 0.4) is 0 Å². The first-order valence-corrected chi connectivity index (χ1v) is 8.03. The summed E-state index contributed by atoms with van der Waals surface area (Å²) in [5, 5.41) is 13.6. The van der Waals surface area contributed by atoms with Crippen LogP contribution in [0, 0.1) is 10.1 Å². The maximum Gasteiger partial charge on any atom is 0.288 e. The second-order valence-electron chi connectivity index (χ2n) is 4.53. The van der Waals surface area contributed by atoms with Crippen molar-refractivity contribution >= 4 is 27.1 Å². The van der Waals surface area contributed by atoms with Crippen LogP contribution in [0.5, 0.6) is 0 Å². The number of hydrogen-bond donors (Lipinski definition) is 1. The fourth-order valence-corrected chi connectivity index (χ4v) is 2.67. The number of carbonyl (C=O) groups is 1. The molecule has 2 rings (SSSR count). The quantitative estimate of drug-likeness (QED) is 0.687. The molecular weight excluding hydrogens is 308 g/mol. The van der Waals surface area contributed by atoms with Gasteiger partial charge in [0.15, 0.2) is 9.84 Å². The molecule has 0 atom stereocenters. The van der Waals surface area contributed by atoms with Crippen molar-refractivity contribution in [3.05, 3.63) is 64.2 Å². The van der Waals surface area contributed by atoms with E-state index in [1.165, 1.54) is 6.07 Å². The predicted molar refractivity (Wildman–Crippen MR) is 80.6 cm³/mol. The van der Waals surface area contributed by atoms with Crippen LogP contribution in [0.25, 0.3) is 0 Å². The molecule has 0 aromatic heterocycles. The Morgan fingerprint density at radius 3 is 2.32 bits per heavy atom. The number of nitro groups is 1. The highest BCUT2D eigenvalue weighted by atomic mass is 32.2. The molecule has 0 saturated heterocycles. The Balaban J connectivity index is 2.39. The summed E-state index contributed by atoms with van der Waals surface area (Å²) in [4.78, 5) is 21.8. The third-order valence-electron chi connectivity index (χ3n) is 2.85. The van der Waals surface area contributed by atoms with E-state index in [1.54, 1.807) is 30.3 Å². The highest BCUT2D eigenvalue weighted by Gasteiger charge is 2.24. The van der Waals surface area contributed by atoms with Gasteiger partial charge in [0.25, 0.3) is 11.6 Å². The summed E-state index contributed by atoms with van der Waals surface area (Å²) < 4.78 is 23.1. The van der Waals surface area contributed by atoms with Crippen molar-refractivity contribution in [2.24, 2.45) is 0 Å². The Morgan fingerprint density at radius 2 is 1.77 bits per heavy atom. The molecule has 0 aliphatic heterocycles. The molecule has 0 aliphatic rings. The third-order valence-corrected chi connectivity index (χ3v) is 3.99. The molecule has 8 heteroatoms. The van der Waals surface area contributed by atoms with Gasteiger partial charge in [-0.05, 0) is 24.3 Å². The Bertz CT molecular complexity index is 832. The Labute approximate surface area is 126 Å². The largest absolute Gasteiger partial charge is 0.322 e. The molecule has 0 unspecified atom stereocenters. The summed E-state index contributed by atoms with van der Waals surface area (Å²) in [6.45, 7) is 0. The van der Waals surface area contributed by atoms with Gasteiger partial charge in [-0.1, -0.05) is 18.2 Å². The minimum atomic E-state index is -3.75. The van der Waals surface area contributed by atoms with Gasteiger partial charge in [0.05, 0.1) is 4.92 Å². The van der Waals surface area contributed by atoms with Gasteiger partial charge in [-0.15, -0.1) is 0 Å². The van der Waals surface area contributed by atoms with Crippen LogP contribution in [0.2, 0.25) is 0 Å². The maximum absolute atomic E-state index is 12.1. The number of anilines is 1. The van der Waals surface area contributed by atoms with Crippen molar-refractivity contribution in [2.45, 2.75) is 4.90 Å². The fourth-order valence-electron chi connectivity index (χ4n) is 1.84. The summed E-state index contributed by atoms with van der Waals surface area (Å²) in [5.41, 5.74) is -0.0893. The van der Waals surface area contributed by atoms with Crippen LogP contribution in [-0.2, 0) is 9.84 Å². The van der Waals surface area contributed by atoms with Crippen LogP contribution in [0.1, 0.15) is 10.4 Å². The molecule has 1 N–H and O–H groups in total. The number of hydrogen-bond acceptors (Lipinski definition) is 5. The fraction of sp³-hybridized carbons (Fsp3) is 0.0714. The molecule has 0 fully saturated rings. The second-order valence-corrected chi connectivity index (χ2v) is 6.52. The van der Waals surface area contributed by atoms with E-state index in [0.717, 1.165) is 18.4 Å². The lowest BCUT2D eigenvalue weighted by Crippen LogP contribution is -2.13. The standard InChI is InChI=1S/C14H12N2O5S/c1-22(20,21)13-8-7-10(9-12(13)16(18)19)14(17)15-11-5-3-2-4-6-11/h2-9H,1H3,(H,15,17). The first-order chi connectivity index (χ1) is 10.3. The van der Waals surface area contributed by atoms with E-state index >= 15 is 0 Å². The zero-order valence-electron chi connectivity index (χ0n) is 11.5. The van der Waals surface area contributed by atoms with Gasteiger partial charge in [0, 0.05) is 23.6 Å². The SMILES string of the molecule is CS(=O)(=O)c1ccc(C(=O)Nc2ccccc2)cc1[N+](=O)[O-]. The van der Waals surface area contributed by atoms with Crippen LogP contribution >= 0.6 is 0 Å². The maximum atomic E-state index is 12.1. The minimum absolute atomic E-state index is 0.00273. The van der Waals surface area contributed by atoms with E-state index in [9.17, 15) is 23.3 Å². The van der Waals surface area contributed by atoms with Crippen molar-refractivity contribution in [3.63, 3.8) is 0 Å². The van der Waals surface area contributed by atoms with Gasteiger partial charge in [0.2, 0.25) is 0 Å². The number of carbonyl (C=O) groups excluding carboxylic acids is 1. The summed E-state index contributed by atoms with van der Waals surface area (Å²) >= 11 is 0. The smallest absolute Gasteiger partial charge is 0.288 e. The van der Waals surface area contributed by atoms with E-state index in [4.69, 9.17) is 0 Å². The highest BCUT2D eigenvalue weighted by Crippen LogP contribution is 2.25. The topological polar surface area (TPSA) is 106 Å². The van der Waals surface area contributed by atoms with Gasteiger partial charge in [-0.3, -0.25) is 14.9 Å². The highest BCUT2D eigenvalue weighted by molar-refractivity contribution is 7.90. The van der Waals surface area contributed by atoms with Crippen molar-refractivity contribution in [2.75, 3.05) is 11.6 Å². The molecule has 2 aromatic rings. The van der Waals surface area contributed by atoms with Crippen LogP contribution in [0.15, 0.2) is 53.4 Å². The zero-order valence-corrected chi connectivity index (χ0v) is 12.3. The van der Waals surface area contributed by atoms with Crippen molar-refractivity contribution in [1.82, 2.24) is 0 Å². The summed E-state index contributed by atoms with van der Waals surface area (Å²) in [6.07, 6.45) is 0.874. The van der Waals surface area contributed by atoms with Crippen molar-refractivity contribution in [3.8, 4) is 0 Å². The lowest BCUT2D eigenvalue weighted by Gasteiger charge is -2.06. The Morgan fingerprint density at radius 1 is 1.14 bits per heavy atom. The molecule has 22 heavy (non-hydrogen) atoms. The summed E-state index contributed by atoms with van der Waals surface area (Å²) in [7, 11) is -3.75. The Hall–Kier alpha value is -2.74. The number of sulfone groups is 1. The number of nitrogens with zero attached hydrogens (tertiary/aromatic N) is 1. The molecule has 0 saturated carbocycles. The van der Waals surface area contributed by atoms with Crippen LogP contribution in [-0.4, -0.2) is 25.5 Å². The van der Waals surface area contributed by atoms with Gasteiger partial charge >= 0.3 is 0 Å². The van der Waals surface area contributed by atoms with E-state index in [1.807, 2.05) is 0 Å². The van der Waals surface area contributed by atoms with E-state index in [2.05, 4.69) is 5.32 Å². The average Bonchev–Trinajstić information content (AvgIpc) is 2.46. The van der Waals surface area contributed by atoms with E-state index in [-0.39, 0.29) is 5.56 Å². The Kier molecular flexibility index (Phi) is 4.22. The third kappa shape index (κ3) is 3.47. The second kappa shape index (κ2) is 5.94. The lowest BCUT2D eigenvalue weighted by atomic mass is 10.2. The molecule has 0 bridgehead atoms. The van der Waals surface area contributed by atoms with Crippen molar-refractivity contribution < 1.29 is 18.1 Å². The van der Waals surface area contributed by atoms with E-state index < -0.39 is 31.3 Å². The monoisotopic (exact) mass is 320 g/mol. The summed E-state index contributed by atoms with van der Waals surface area (Å²) in [5.74, 6) is -0.561. The molecule has 7 nitrogen and oxygen atoms in total. The number of nitrogens with one attached hydrogen (secondary N) is 1. The van der Waals surface area contributed by atoms with Gasteiger partial charge in [-0.25, -0.2) is 8.42 Å². The van der Waals surface area contributed by atoms with Gasteiger partial charge in [-0.2, -0.15) is 0 Å². The molecule has 2 aromatic carbocycles. The summed E-state index contributed by atoms with van der Waals surface area (Å²) in [6, 6.07) is 11.8. The molecule has 1 amide bonds. The molecule has 0 spiro atoms. The molecule has 0 aliphatic carbocycles. The van der Waals surface area contributed by atoms with Crippen LogP contribution in [0.4, 0.5) is 11.4 Å². The minimum Gasteiger partial charge on any atom is -0.322 e.